The summed E-state index contributed by atoms with van der Waals surface area (Å²) >= 11 is 0. The van der Waals surface area contributed by atoms with Crippen molar-refractivity contribution in [3.8, 4) is 0 Å². The van der Waals surface area contributed by atoms with E-state index in [4.69, 9.17) is 0 Å². The Kier molecular flexibility index (Phi) is 4.28. The second-order valence-electron chi connectivity index (χ2n) is 4.28. The molecule has 0 spiro atoms. The summed E-state index contributed by atoms with van der Waals surface area (Å²) in [5.41, 5.74) is 0.460. The molecule has 19 heavy (non-hydrogen) atoms. The van der Waals surface area contributed by atoms with Crippen LogP contribution >= 0.6 is 0 Å². The molecule has 1 N–H and O–H groups in total. The van der Waals surface area contributed by atoms with E-state index in [1.807, 2.05) is 0 Å². The fourth-order valence-corrected chi connectivity index (χ4v) is 1.86. The third-order valence-corrected chi connectivity index (χ3v) is 2.70. The summed E-state index contributed by atoms with van der Waals surface area (Å²) in [5.74, 6) is 0.324. The predicted octanol–water partition coefficient (Wildman–Crippen LogP) is 2.61. The number of halogens is 1. The highest BCUT2D eigenvalue weighted by molar-refractivity contribution is 5.90. The lowest BCUT2D eigenvalue weighted by atomic mass is 10.3. The Bertz CT molecular complexity index is 565. The molecule has 0 saturated heterocycles. The van der Waals surface area contributed by atoms with Gasteiger partial charge in [-0.1, -0.05) is 13.0 Å². The first-order chi connectivity index (χ1) is 9.19. The lowest BCUT2D eigenvalue weighted by molar-refractivity contribution is -0.116. The van der Waals surface area contributed by atoms with Gasteiger partial charge in [-0.2, -0.15) is 0 Å². The zero-order chi connectivity index (χ0) is 13.7. The topological polar surface area (TPSA) is 46.9 Å². The molecular formula is C14H16FN3O. The molecule has 0 saturated carbocycles. The van der Waals surface area contributed by atoms with E-state index in [-0.39, 0.29) is 18.3 Å². The molecule has 5 heteroatoms. The van der Waals surface area contributed by atoms with Gasteiger partial charge in [0.05, 0.1) is 0 Å². The van der Waals surface area contributed by atoms with Gasteiger partial charge < -0.3 is 9.88 Å². The highest BCUT2D eigenvalue weighted by Gasteiger charge is 2.07. The number of anilines is 1. The maximum atomic E-state index is 13.0. The van der Waals surface area contributed by atoms with E-state index in [1.54, 1.807) is 29.1 Å². The van der Waals surface area contributed by atoms with Crippen LogP contribution in [0.3, 0.4) is 0 Å². The number of nitrogens with zero attached hydrogens (tertiary/aromatic N) is 2. The van der Waals surface area contributed by atoms with Gasteiger partial charge in [-0.3, -0.25) is 4.79 Å². The van der Waals surface area contributed by atoms with Crippen molar-refractivity contribution >= 4 is 11.6 Å². The Balaban J connectivity index is 1.99. The first-order valence-electron chi connectivity index (χ1n) is 6.24. The lowest BCUT2D eigenvalue weighted by Crippen LogP contribution is -2.19. The normalized spacial score (nSPS) is 10.4. The van der Waals surface area contributed by atoms with Crippen LogP contribution in [0.2, 0.25) is 0 Å². The van der Waals surface area contributed by atoms with Crippen LogP contribution in [0.15, 0.2) is 36.7 Å². The molecule has 2 aromatic rings. The molecule has 0 aliphatic carbocycles. The van der Waals surface area contributed by atoms with Crippen molar-refractivity contribution in [3.63, 3.8) is 0 Å². The minimum Gasteiger partial charge on any atom is -0.326 e. The number of rotatable bonds is 5. The van der Waals surface area contributed by atoms with Gasteiger partial charge in [-0.15, -0.1) is 0 Å². The quantitative estimate of drug-likeness (QED) is 0.899. The Morgan fingerprint density at radius 1 is 1.47 bits per heavy atom. The number of imidazole rings is 1. The number of aryl methyl sites for hydroxylation is 1. The zero-order valence-corrected chi connectivity index (χ0v) is 10.8. The van der Waals surface area contributed by atoms with E-state index in [2.05, 4.69) is 17.2 Å². The highest BCUT2D eigenvalue weighted by Crippen LogP contribution is 2.09. The second kappa shape index (κ2) is 6.13. The van der Waals surface area contributed by atoms with Gasteiger partial charge >= 0.3 is 0 Å². The number of nitrogens with one attached hydrogen (secondary N) is 1. The molecule has 2 rings (SSSR count). The van der Waals surface area contributed by atoms with Crippen molar-refractivity contribution in [1.82, 2.24) is 9.55 Å². The first kappa shape index (κ1) is 13.3. The molecule has 1 heterocycles. The first-order valence-corrected chi connectivity index (χ1v) is 6.24. The summed E-state index contributed by atoms with van der Waals surface area (Å²) < 4.78 is 14.8. The van der Waals surface area contributed by atoms with E-state index in [9.17, 15) is 9.18 Å². The van der Waals surface area contributed by atoms with Crippen LogP contribution in [-0.2, 0) is 17.8 Å². The predicted molar refractivity (Wildman–Crippen MR) is 71.3 cm³/mol. The van der Waals surface area contributed by atoms with Gasteiger partial charge in [0.2, 0.25) is 5.91 Å². The van der Waals surface area contributed by atoms with Crippen molar-refractivity contribution in [2.75, 3.05) is 5.32 Å². The molecule has 100 valence electrons. The number of carbonyl (C=O) groups is 1. The van der Waals surface area contributed by atoms with Crippen molar-refractivity contribution in [3.05, 3.63) is 48.3 Å². The number of benzene rings is 1. The van der Waals surface area contributed by atoms with Crippen LogP contribution in [0, 0.1) is 5.82 Å². The largest absolute Gasteiger partial charge is 0.326 e. The molecule has 0 unspecified atom stereocenters. The molecule has 0 radical (unpaired) electrons. The Hall–Kier alpha value is -2.17. The molecule has 1 amide bonds. The minimum absolute atomic E-state index is 0.186. The van der Waals surface area contributed by atoms with Crippen molar-refractivity contribution in [1.29, 1.82) is 0 Å². The van der Waals surface area contributed by atoms with Crippen LogP contribution in [-0.4, -0.2) is 15.5 Å². The van der Waals surface area contributed by atoms with Gasteiger partial charge in [0.25, 0.3) is 0 Å². The van der Waals surface area contributed by atoms with Crippen molar-refractivity contribution < 1.29 is 9.18 Å². The number of hydrogen-bond acceptors (Lipinski definition) is 2. The molecule has 1 aromatic heterocycles. The number of amides is 1. The maximum Gasteiger partial charge on any atom is 0.244 e. The summed E-state index contributed by atoms with van der Waals surface area (Å²) in [7, 11) is 0. The standard InChI is InChI=1S/C14H16FN3O/c1-2-4-13-16-7-8-18(13)10-14(19)17-12-6-3-5-11(15)9-12/h3,5-9H,2,4,10H2,1H3,(H,17,19). The Morgan fingerprint density at radius 2 is 2.32 bits per heavy atom. The van der Waals surface area contributed by atoms with E-state index in [0.717, 1.165) is 18.7 Å². The molecule has 0 fully saturated rings. The smallest absolute Gasteiger partial charge is 0.244 e. The average molecular weight is 261 g/mol. The second-order valence-corrected chi connectivity index (χ2v) is 4.28. The third-order valence-electron chi connectivity index (χ3n) is 2.70. The van der Waals surface area contributed by atoms with Crippen LogP contribution < -0.4 is 5.32 Å². The van der Waals surface area contributed by atoms with Crippen LogP contribution in [0.4, 0.5) is 10.1 Å². The summed E-state index contributed by atoms with van der Waals surface area (Å²) in [6.07, 6.45) is 5.26. The Labute approximate surface area is 111 Å². The average Bonchev–Trinajstić information content (AvgIpc) is 2.77. The van der Waals surface area contributed by atoms with E-state index < -0.39 is 0 Å². The number of carbonyl (C=O) groups excluding carboxylic acids is 1. The van der Waals surface area contributed by atoms with Gasteiger partial charge in [0.15, 0.2) is 0 Å². The summed E-state index contributed by atoms with van der Waals surface area (Å²) in [6, 6.07) is 5.84. The van der Waals surface area contributed by atoms with Gasteiger partial charge in [-0.25, -0.2) is 9.37 Å². The lowest BCUT2D eigenvalue weighted by Gasteiger charge is -2.08. The van der Waals surface area contributed by atoms with E-state index in [0.29, 0.717) is 5.69 Å². The monoisotopic (exact) mass is 261 g/mol. The fourth-order valence-electron chi connectivity index (χ4n) is 1.86. The summed E-state index contributed by atoms with van der Waals surface area (Å²) in [6.45, 7) is 2.25. The van der Waals surface area contributed by atoms with E-state index >= 15 is 0 Å². The van der Waals surface area contributed by atoms with Gasteiger partial charge in [0, 0.05) is 24.5 Å². The van der Waals surface area contributed by atoms with Crippen LogP contribution in [0.5, 0.6) is 0 Å². The zero-order valence-electron chi connectivity index (χ0n) is 10.8. The summed E-state index contributed by atoms with van der Waals surface area (Å²) in [4.78, 5) is 16.1. The molecule has 0 aliphatic rings. The van der Waals surface area contributed by atoms with Gasteiger partial charge in [-0.05, 0) is 24.6 Å². The molecular weight excluding hydrogens is 245 g/mol. The van der Waals surface area contributed by atoms with Crippen LogP contribution in [0.1, 0.15) is 19.2 Å². The number of aromatic nitrogens is 2. The highest BCUT2D eigenvalue weighted by atomic mass is 19.1. The molecule has 0 atom stereocenters. The fraction of sp³-hybridized carbons (Fsp3) is 0.286. The minimum atomic E-state index is -0.368. The third kappa shape index (κ3) is 3.64. The van der Waals surface area contributed by atoms with Gasteiger partial charge in [0.1, 0.15) is 18.2 Å². The maximum absolute atomic E-state index is 13.0. The number of hydrogen-bond donors (Lipinski definition) is 1. The molecule has 4 nitrogen and oxygen atoms in total. The van der Waals surface area contributed by atoms with E-state index in [1.165, 1.54) is 12.1 Å². The Morgan fingerprint density at radius 3 is 3.05 bits per heavy atom. The summed E-state index contributed by atoms with van der Waals surface area (Å²) in [5, 5.41) is 2.66. The van der Waals surface area contributed by atoms with Crippen LogP contribution in [0.25, 0.3) is 0 Å². The molecule has 0 aliphatic heterocycles. The van der Waals surface area contributed by atoms with Crippen molar-refractivity contribution in [2.24, 2.45) is 0 Å². The molecule has 1 aromatic carbocycles. The SMILES string of the molecule is CCCc1nccn1CC(=O)Nc1cccc(F)c1. The van der Waals surface area contributed by atoms with Crippen molar-refractivity contribution in [2.45, 2.75) is 26.3 Å². The molecule has 0 bridgehead atoms.